The van der Waals surface area contributed by atoms with Gasteiger partial charge in [-0.3, -0.25) is 0 Å². The average Bonchev–Trinajstić information content (AvgIpc) is 3.21. The lowest BCUT2D eigenvalue weighted by atomic mass is 10.2. The number of anilines is 1. The maximum Gasteiger partial charge on any atom is 0.213 e. The topological polar surface area (TPSA) is 90.1 Å². The Labute approximate surface area is 204 Å². The minimum atomic E-state index is 0. The summed E-state index contributed by atoms with van der Waals surface area (Å²) < 4.78 is 22.1. The molecule has 170 valence electrons. The fourth-order valence-electron chi connectivity index (χ4n) is 3.11. The standard InChI is InChI=1S/C23H26N4O4.HI/c1-28-22-14-17(7-9-24-22)16-26-23(25-10-8-19-4-2-11-29-19)27-18-5-6-20-21(15-18)31-13-3-12-30-20;/h2,4-7,9,11,14-15H,3,8,10,12-13,16H2,1H3,(H2,25,26,27);1H. The van der Waals surface area contributed by atoms with Crippen molar-refractivity contribution >= 4 is 35.6 Å². The third kappa shape index (κ3) is 6.78. The number of rotatable bonds is 7. The van der Waals surface area contributed by atoms with Crippen molar-refractivity contribution in [1.29, 1.82) is 0 Å². The number of hydrogen-bond acceptors (Lipinski definition) is 6. The molecule has 0 atom stereocenters. The van der Waals surface area contributed by atoms with E-state index in [2.05, 4.69) is 15.6 Å². The van der Waals surface area contributed by atoms with E-state index in [-0.39, 0.29) is 24.0 Å². The molecule has 3 heterocycles. The predicted molar refractivity (Wildman–Crippen MR) is 133 cm³/mol. The highest BCUT2D eigenvalue weighted by Crippen LogP contribution is 2.32. The van der Waals surface area contributed by atoms with Crippen LogP contribution in [0.25, 0.3) is 0 Å². The molecule has 0 saturated carbocycles. The highest BCUT2D eigenvalue weighted by molar-refractivity contribution is 14.0. The second-order valence-electron chi connectivity index (χ2n) is 6.96. The molecule has 3 aromatic rings. The van der Waals surface area contributed by atoms with Gasteiger partial charge in [-0.25, -0.2) is 9.98 Å². The third-order valence-electron chi connectivity index (χ3n) is 4.68. The van der Waals surface area contributed by atoms with E-state index in [9.17, 15) is 0 Å². The fraction of sp³-hybridized carbons (Fsp3) is 0.304. The summed E-state index contributed by atoms with van der Waals surface area (Å²) >= 11 is 0. The van der Waals surface area contributed by atoms with Gasteiger partial charge in [-0.05, 0) is 35.9 Å². The van der Waals surface area contributed by atoms with Crippen LogP contribution in [0.2, 0.25) is 0 Å². The zero-order valence-corrected chi connectivity index (χ0v) is 20.2. The Hall–Kier alpha value is -2.95. The second-order valence-corrected chi connectivity index (χ2v) is 6.96. The summed E-state index contributed by atoms with van der Waals surface area (Å²) in [6.45, 7) is 2.45. The Morgan fingerprint density at radius 2 is 2.00 bits per heavy atom. The monoisotopic (exact) mass is 550 g/mol. The van der Waals surface area contributed by atoms with E-state index in [1.807, 2.05) is 42.5 Å². The molecule has 1 aliphatic heterocycles. The molecular formula is C23H27IN4O4. The molecule has 0 fully saturated rings. The molecule has 1 aliphatic rings. The molecular weight excluding hydrogens is 523 g/mol. The van der Waals surface area contributed by atoms with Gasteiger partial charge in [0.25, 0.3) is 0 Å². The molecule has 4 rings (SSSR count). The van der Waals surface area contributed by atoms with Crippen LogP contribution >= 0.6 is 24.0 Å². The van der Waals surface area contributed by atoms with E-state index in [1.54, 1.807) is 19.6 Å². The van der Waals surface area contributed by atoms with E-state index < -0.39 is 0 Å². The predicted octanol–water partition coefficient (Wildman–Crippen LogP) is 4.26. The largest absolute Gasteiger partial charge is 0.490 e. The molecule has 0 saturated heterocycles. The number of halogens is 1. The maximum absolute atomic E-state index is 5.80. The van der Waals surface area contributed by atoms with Crippen molar-refractivity contribution in [3.63, 3.8) is 0 Å². The lowest BCUT2D eigenvalue weighted by Crippen LogP contribution is -2.32. The molecule has 0 amide bonds. The first-order valence-electron chi connectivity index (χ1n) is 10.3. The van der Waals surface area contributed by atoms with Gasteiger partial charge < -0.3 is 29.3 Å². The zero-order chi connectivity index (χ0) is 21.3. The van der Waals surface area contributed by atoms with Crippen LogP contribution < -0.4 is 24.8 Å². The van der Waals surface area contributed by atoms with Gasteiger partial charge in [0.05, 0.1) is 33.1 Å². The van der Waals surface area contributed by atoms with Gasteiger partial charge in [0.2, 0.25) is 5.88 Å². The normalized spacial score (nSPS) is 13.0. The van der Waals surface area contributed by atoms with Gasteiger partial charge in [0, 0.05) is 43.4 Å². The first kappa shape index (κ1) is 23.7. The Morgan fingerprint density at radius 3 is 2.81 bits per heavy atom. The number of aromatic nitrogens is 1. The van der Waals surface area contributed by atoms with Crippen molar-refractivity contribution < 1.29 is 18.6 Å². The maximum atomic E-state index is 5.80. The minimum absolute atomic E-state index is 0. The Balaban J connectivity index is 0.00000289. The highest BCUT2D eigenvalue weighted by atomic mass is 127. The van der Waals surface area contributed by atoms with Crippen LogP contribution in [0.1, 0.15) is 17.7 Å². The van der Waals surface area contributed by atoms with Gasteiger partial charge in [0.15, 0.2) is 17.5 Å². The second kappa shape index (κ2) is 12.2. The number of furan rings is 1. The van der Waals surface area contributed by atoms with E-state index in [0.29, 0.717) is 38.1 Å². The van der Waals surface area contributed by atoms with Crippen LogP contribution in [0.4, 0.5) is 5.69 Å². The first-order chi connectivity index (χ1) is 15.3. The van der Waals surface area contributed by atoms with E-state index in [0.717, 1.165) is 41.4 Å². The molecule has 2 N–H and O–H groups in total. The lowest BCUT2D eigenvalue weighted by molar-refractivity contribution is 0.297. The number of methoxy groups -OCH3 is 1. The van der Waals surface area contributed by atoms with Crippen LogP contribution in [0.3, 0.4) is 0 Å². The molecule has 32 heavy (non-hydrogen) atoms. The number of ether oxygens (including phenoxy) is 3. The van der Waals surface area contributed by atoms with E-state index in [4.69, 9.17) is 23.6 Å². The summed E-state index contributed by atoms with van der Waals surface area (Å²) in [5, 5.41) is 6.71. The van der Waals surface area contributed by atoms with Gasteiger partial charge in [-0.2, -0.15) is 0 Å². The summed E-state index contributed by atoms with van der Waals surface area (Å²) in [5.74, 6) is 3.63. The first-order valence-corrected chi connectivity index (χ1v) is 10.3. The molecule has 1 aromatic carbocycles. The molecule has 0 spiro atoms. The number of pyridine rings is 1. The highest BCUT2D eigenvalue weighted by Gasteiger charge is 2.11. The molecule has 0 unspecified atom stereocenters. The van der Waals surface area contributed by atoms with E-state index >= 15 is 0 Å². The van der Waals surface area contributed by atoms with Gasteiger partial charge in [-0.15, -0.1) is 24.0 Å². The van der Waals surface area contributed by atoms with Crippen LogP contribution in [0.15, 0.2) is 64.3 Å². The van der Waals surface area contributed by atoms with Crippen molar-refractivity contribution in [3.05, 3.63) is 66.2 Å². The Bertz CT molecular complexity index is 1010. The van der Waals surface area contributed by atoms with Gasteiger partial charge >= 0.3 is 0 Å². The van der Waals surface area contributed by atoms with Crippen molar-refractivity contribution in [2.75, 3.05) is 32.2 Å². The van der Waals surface area contributed by atoms with Crippen molar-refractivity contribution in [1.82, 2.24) is 10.3 Å². The van der Waals surface area contributed by atoms with Crippen LogP contribution in [-0.4, -0.2) is 37.8 Å². The summed E-state index contributed by atoms with van der Waals surface area (Å²) in [6.07, 6.45) is 5.01. The van der Waals surface area contributed by atoms with Gasteiger partial charge in [-0.1, -0.05) is 0 Å². The molecule has 0 aliphatic carbocycles. The summed E-state index contributed by atoms with van der Waals surface area (Å²) in [7, 11) is 1.60. The summed E-state index contributed by atoms with van der Waals surface area (Å²) in [4.78, 5) is 8.86. The van der Waals surface area contributed by atoms with Crippen molar-refractivity contribution in [2.45, 2.75) is 19.4 Å². The average molecular weight is 550 g/mol. The van der Waals surface area contributed by atoms with Crippen LogP contribution in [0, 0.1) is 0 Å². The van der Waals surface area contributed by atoms with Crippen LogP contribution in [0.5, 0.6) is 17.4 Å². The molecule has 8 nitrogen and oxygen atoms in total. The number of hydrogen-bond donors (Lipinski definition) is 2. The number of fused-ring (bicyclic) bond motifs is 1. The third-order valence-corrected chi connectivity index (χ3v) is 4.68. The van der Waals surface area contributed by atoms with Crippen LogP contribution in [-0.2, 0) is 13.0 Å². The summed E-state index contributed by atoms with van der Waals surface area (Å²) in [6, 6.07) is 13.4. The number of guanidine groups is 1. The quantitative estimate of drug-likeness (QED) is 0.258. The Morgan fingerprint density at radius 1 is 1.12 bits per heavy atom. The number of nitrogens with one attached hydrogen (secondary N) is 2. The zero-order valence-electron chi connectivity index (χ0n) is 17.9. The van der Waals surface area contributed by atoms with E-state index in [1.165, 1.54) is 0 Å². The molecule has 2 aromatic heterocycles. The molecule has 0 radical (unpaired) electrons. The smallest absolute Gasteiger partial charge is 0.213 e. The Kier molecular flexibility index (Phi) is 9.02. The molecule has 9 heteroatoms. The van der Waals surface area contributed by atoms with Crippen molar-refractivity contribution in [3.8, 4) is 17.4 Å². The lowest BCUT2D eigenvalue weighted by Gasteiger charge is -2.14. The minimum Gasteiger partial charge on any atom is -0.490 e. The summed E-state index contributed by atoms with van der Waals surface area (Å²) in [5.41, 5.74) is 1.86. The fourth-order valence-corrected chi connectivity index (χ4v) is 3.11. The SMILES string of the molecule is COc1cc(CN=C(NCCc2ccco2)Nc2ccc3c(c2)OCCCO3)ccn1.I. The molecule has 0 bridgehead atoms. The van der Waals surface area contributed by atoms with Gasteiger partial charge in [0.1, 0.15) is 5.76 Å². The number of benzene rings is 1. The van der Waals surface area contributed by atoms with Crippen molar-refractivity contribution in [2.24, 2.45) is 4.99 Å². The number of nitrogens with zero attached hydrogens (tertiary/aromatic N) is 2. The number of aliphatic imine (C=N–C) groups is 1.